The van der Waals surface area contributed by atoms with Gasteiger partial charge < -0.3 is 20.1 Å². The molecule has 0 radical (unpaired) electrons. The number of fused-ring (bicyclic) bond motifs is 4. The first-order valence-electron chi connectivity index (χ1n) is 11.1. The summed E-state index contributed by atoms with van der Waals surface area (Å²) in [4.78, 5) is 38.1. The topological polar surface area (TPSA) is 95.9 Å². The van der Waals surface area contributed by atoms with Crippen LogP contribution in [0.1, 0.15) is 30.4 Å². The van der Waals surface area contributed by atoms with E-state index in [9.17, 15) is 19.5 Å². The molecular formula is C25H26N2O5. The molecule has 2 amide bonds. The van der Waals surface area contributed by atoms with Crippen molar-refractivity contribution in [2.24, 2.45) is 17.8 Å². The summed E-state index contributed by atoms with van der Waals surface area (Å²) in [6.45, 7) is 2.80. The number of carboxylic acids is 1. The van der Waals surface area contributed by atoms with Crippen LogP contribution < -0.4 is 5.32 Å². The first-order valence-corrected chi connectivity index (χ1v) is 11.1. The second-order valence-corrected chi connectivity index (χ2v) is 8.96. The molecule has 0 aromatic heterocycles. The van der Waals surface area contributed by atoms with Crippen molar-refractivity contribution in [3.05, 3.63) is 59.7 Å². The van der Waals surface area contributed by atoms with Crippen LogP contribution in [0.15, 0.2) is 48.5 Å². The Morgan fingerprint density at radius 2 is 1.69 bits per heavy atom. The van der Waals surface area contributed by atoms with Crippen molar-refractivity contribution in [2.75, 3.05) is 19.7 Å². The summed E-state index contributed by atoms with van der Waals surface area (Å²) in [7, 11) is 0. The molecule has 7 heteroatoms. The molecule has 1 saturated heterocycles. The van der Waals surface area contributed by atoms with E-state index in [0.29, 0.717) is 19.5 Å². The van der Waals surface area contributed by atoms with E-state index in [1.165, 1.54) is 0 Å². The van der Waals surface area contributed by atoms with Gasteiger partial charge in [-0.05, 0) is 47.4 Å². The van der Waals surface area contributed by atoms with Gasteiger partial charge in [-0.1, -0.05) is 48.5 Å². The highest BCUT2D eigenvalue weighted by molar-refractivity contribution is 5.86. The molecule has 2 aromatic carbocycles. The first-order chi connectivity index (χ1) is 15.5. The lowest BCUT2D eigenvalue weighted by Gasteiger charge is -2.29. The minimum Gasteiger partial charge on any atom is -0.481 e. The Balaban J connectivity index is 1.17. The zero-order valence-corrected chi connectivity index (χ0v) is 17.9. The minimum atomic E-state index is -0.779. The van der Waals surface area contributed by atoms with E-state index in [0.717, 1.165) is 22.3 Å². The molecular weight excluding hydrogens is 408 g/mol. The fourth-order valence-electron chi connectivity index (χ4n) is 5.46. The van der Waals surface area contributed by atoms with E-state index in [2.05, 4.69) is 29.6 Å². The number of aliphatic carboxylic acids is 1. The Morgan fingerprint density at radius 3 is 2.31 bits per heavy atom. The molecule has 4 atom stereocenters. The minimum absolute atomic E-state index is 0.0341. The average molecular weight is 434 g/mol. The zero-order valence-electron chi connectivity index (χ0n) is 17.9. The van der Waals surface area contributed by atoms with E-state index < -0.39 is 18.1 Å². The van der Waals surface area contributed by atoms with Gasteiger partial charge in [0.2, 0.25) is 5.91 Å². The number of carbonyl (C=O) groups excluding carboxylic acids is 2. The van der Waals surface area contributed by atoms with Crippen LogP contribution in [0.5, 0.6) is 0 Å². The van der Waals surface area contributed by atoms with Gasteiger partial charge in [0.15, 0.2) is 0 Å². The molecule has 0 bridgehead atoms. The second kappa shape index (κ2) is 7.97. The fourth-order valence-corrected chi connectivity index (χ4v) is 5.46. The van der Waals surface area contributed by atoms with E-state index in [-0.39, 0.29) is 36.2 Å². The maximum absolute atomic E-state index is 12.8. The van der Waals surface area contributed by atoms with Crippen molar-refractivity contribution in [3.8, 4) is 11.1 Å². The van der Waals surface area contributed by atoms with E-state index in [4.69, 9.17) is 4.74 Å². The Morgan fingerprint density at radius 1 is 1.06 bits per heavy atom. The maximum atomic E-state index is 12.8. The number of likely N-dealkylation sites (tertiary alicyclic amines) is 1. The highest BCUT2D eigenvalue weighted by Gasteiger charge is 2.57. The normalized spacial score (nSPS) is 24.0. The number of nitrogens with zero attached hydrogens (tertiary/aromatic N) is 1. The Hall–Kier alpha value is -3.35. The smallest absolute Gasteiger partial charge is 0.407 e. The quantitative estimate of drug-likeness (QED) is 0.754. The van der Waals surface area contributed by atoms with Gasteiger partial charge in [-0.25, -0.2) is 4.79 Å². The molecule has 2 aliphatic carbocycles. The SMILES string of the molecule is CC(NC(=O)OCC1c2ccccc2-c2ccccc21)C(=O)N1CC[C@H]2C(C(=O)O)[C@H]2C1. The fraction of sp³-hybridized carbons (Fsp3) is 0.400. The number of benzene rings is 2. The van der Waals surface area contributed by atoms with Gasteiger partial charge in [0.05, 0.1) is 5.92 Å². The molecule has 2 N–H and O–H groups in total. The van der Waals surface area contributed by atoms with Crippen LogP contribution in [0.3, 0.4) is 0 Å². The highest BCUT2D eigenvalue weighted by atomic mass is 16.5. The third-order valence-electron chi connectivity index (χ3n) is 7.14. The van der Waals surface area contributed by atoms with Crippen LogP contribution in [-0.4, -0.2) is 53.7 Å². The number of rotatable bonds is 5. The first kappa shape index (κ1) is 20.5. The van der Waals surface area contributed by atoms with Crippen molar-refractivity contribution in [1.82, 2.24) is 10.2 Å². The number of carboxylic acid groups (broad SMARTS) is 1. The number of amides is 2. The predicted octanol–water partition coefficient (Wildman–Crippen LogP) is 3.09. The van der Waals surface area contributed by atoms with Crippen molar-refractivity contribution >= 4 is 18.0 Å². The molecule has 2 unspecified atom stereocenters. The number of hydrogen-bond acceptors (Lipinski definition) is 4. The lowest BCUT2D eigenvalue weighted by atomic mass is 9.98. The van der Waals surface area contributed by atoms with Crippen LogP contribution in [0.25, 0.3) is 11.1 Å². The standard InChI is InChI=1S/C25H26N2O5/c1-14(23(28)27-11-10-19-20(12-27)22(19)24(29)30)26-25(31)32-13-21-17-8-4-2-6-15(17)16-7-3-5-9-18(16)21/h2-9,14,19-22H,10-13H2,1H3,(H,26,31)(H,29,30)/t14?,19-,20+,22?/m1/s1. The van der Waals surface area contributed by atoms with Gasteiger partial charge in [0.1, 0.15) is 12.6 Å². The van der Waals surface area contributed by atoms with Crippen LogP contribution >= 0.6 is 0 Å². The number of hydrogen-bond donors (Lipinski definition) is 2. The maximum Gasteiger partial charge on any atom is 0.407 e. The van der Waals surface area contributed by atoms with Crippen LogP contribution in [-0.2, 0) is 14.3 Å². The third-order valence-corrected chi connectivity index (χ3v) is 7.14. The van der Waals surface area contributed by atoms with Crippen molar-refractivity contribution in [3.63, 3.8) is 0 Å². The number of ether oxygens (including phenoxy) is 1. The summed E-state index contributed by atoms with van der Waals surface area (Å²) in [5.74, 6) is -1.14. The molecule has 7 nitrogen and oxygen atoms in total. The number of nitrogens with one attached hydrogen (secondary N) is 1. The summed E-state index contributed by atoms with van der Waals surface area (Å²) < 4.78 is 5.53. The molecule has 1 heterocycles. The average Bonchev–Trinajstić information content (AvgIpc) is 3.44. The summed E-state index contributed by atoms with van der Waals surface area (Å²) >= 11 is 0. The molecule has 1 aliphatic heterocycles. The third kappa shape index (κ3) is 3.51. The van der Waals surface area contributed by atoms with E-state index >= 15 is 0 Å². The molecule has 1 saturated carbocycles. The monoisotopic (exact) mass is 434 g/mol. The molecule has 2 fully saturated rings. The van der Waals surface area contributed by atoms with Gasteiger partial charge in [0.25, 0.3) is 0 Å². The van der Waals surface area contributed by atoms with E-state index in [1.54, 1.807) is 11.8 Å². The Labute approximate surface area is 186 Å². The largest absolute Gasteiger partial charge is 0.481 e. The summed E-state index contributed by atoms with van der Waals surface area (Å²) in [6.07, 6.45) is 0.0721. The van der Waals surface area contributed by atoms with Gasteiger partial charge in [0, 0.05) is 19.0 Å². The Kier molecular flexibility index (Phi) is 5.12. The van der Waals surface area contributed by atoms with E-state index in [1.807, 2.05) is 24.3 Å². The van der Waals surface area contributed by atoms with Crippen molar-refractivity contribution < 1.29 is 24.2 Å². The molecule has 5 rings (SSSR count). The number of carbonyl (C=O) groups is 3. The van der Waals surface area contributed by atoms with Gasteiger partial charge in [-0.2, -0.15) is 0 Å². The van der Waals surface area contributed by atoms with Crippen LogP contribution in [0.4, 0.5) is 4.79 Å². The molecule has 2 aromatic rings. The number of piperidine rings is 1. The molecule has 3 aliphatic rings. The molecule has 32 heavy (non-hydrogen) atoms. The summed E-state index contributed by atoms with van der Waals surface area (Å²) in [6, 6.07) is 15.5. The number of alkyl carbamates (subject to hydrolysis) is 1. The lowest BCUT2D eigenvalue weighted by Crippen LogP contribution is -2.49. The lowest BCUT2D eigenvalue weighted by molar-refractivity contribution is -0.139. The van der Waals surface area contributed by atoms with Gasteiger partial charge in [-0.3, -0.25) is 9.59 Å². The zero-order chi connectivity index (χ0) is 22.4. The Bertz CT molecular complexity index is 1040. The van der Waals surface area contributed by atoms with Gasteiger partial charge in [-0.15, -0.1) is 0 Å². The second-order valence-electron chi connectivity index (χ2n) is 8.96. The predicted molar refractivity (Wildman–Crippen MR) is 117 cm³/mol. The summed E-state index contributed by atoms with van der Waals surface area (Å²) in [5, 5.41) is 11.9. The van der Waals surface area contributed by atoms with Crippen LogP contribution in [0, 0.1) is 17.8 Å². The molecule has 166 valence electrons. The highest BCUT2D eigenvalue weighted by Crippen LogP contribution is 2.51. The van der Waals surface area contributed by atoms with Crippen molar-refractivity contribution in [1.29, 1.82) is 0 Å². The molecule has 0 spiro atoms. The van der Waals surface area contributed by atoms with Gasteiger partial charge >= 0.3 is 12.1 Å². The van der Waals surface area contributed by atoms with Crippen LogP contribution in [0.2, 0.25) is 0 Å². The summed E-state index contributed by atoms with van der Waals surface area (Å²) in [5.41, 5.74) is 4.57. The van der Waals surface area contributed by atoms with Crippen molar-refractivity contribution in [2.45, 2.75) is 25.3 Å².